The van der Waals surface area contributed by atoms with Gasteiger partial charge in [0.25, 0.3) is 5.69 Å². The lowest BCUT2D eigenvalue weighted by Gasteiger charge is -2.05. The predicted molar refractivity (Wildman–Crippen MR) is 98.4 cm³/mol. The van der Waals surface area contributed by atoms with Crippen LogP contribution in [0.15, 0.2) is 35.7 Å². The molecule has 0 bridgehead atoms. The largest absolute Gasteiger partial charge is 0.270 e. The number of nitrogens with one attached hydrogen (secondary N) is 1. The number of aromatic nitrogens is 2. The van der Waals surface area contributed by atoms with E-state index in [0.29, 0.717) is 17.1 Å². The summed E-state index contributed by atoms with van der Waals surface area (Å²) in [4.78, 5) is 21.6. The first-order valence-electron chi connectivity index (χ1n) is 7.94. The molecule has 0 saturated carbocycles. The van der Waals surface area contributed by atoms with Crippen LogP contribution in [0.1, 0.15) is 29.3 Å². The average molecular weight is 353 g/mol. The van der Waals surface area contributed by atoms with Gasteiger partial charge in [0, 0.05) is 22.6 Å². The molecule has 1 aliphatic rings. The van der Waals surface area contributed by atoms with E-state index < -0.39 is 4.92 Å². The zero-order valence-corrected chi connectivity index (χ0v) is 14.3. The summed E-state index contributed by atoms with van der Waals surface area (Å²) >= 11 is 1.72. The summed E-state index contributed by atoms with van der Waals surface area (Å²) in [5.74, 6) is 0.689. The lowest BCUT2D eigenvalue weighted by Crippen LogP contribution is -2.02. The van der Waals surface area contributed by atoms with Gasteiger partial charge in [-0.25, -0.2) is 9.97 Å². The molecule has 0 spiro atoms. The summed E-state index contributed by atoms with van der Waals surface area (Å²) < 4.78 is 0. The molecule has 1 N–H and O–H groups in total. The third-order valence-corrected chi connectivity index (χ3v) is 5.51. The molecule has 2 aromatic heterocycles. The Morgan fingerprint density at radius 1 is 1.36 bits per heavy atom. The summed E-state index contributed by atoms with van der Waals surface area (Å²) in [6.45, 7) is 1.81. The van der Waals surface area contributed by atoms with E-state index in [1.807, 2.05) is 6.92 Å². The Labute approximate surface area is 147 Å². The zero-order valence-electron chi connectivity index (χ0n) is 13.5. The molecule has 0 fully saturated rings. The lowest BCUT2D eigenvalue weighted by atomic mass is 10.1. The van der Waals surface area contributed by atoms with E-state index in [4.69, 9.17) is 0 Å². The van der Waals surface area contributed by atoms with Gasteiger partial charge in [0.05, 0.1) is 16.0 Å². The van der Waals surface area contributed by atoms with E-state index >= 15 is 0 Å². The van der Waals surface area contributed by atoms with Gasteiger partial charge in [-0.1, -0.05) is 12.1 Å². The Hall–Kier alpha value is -2.87. The van der Waals surface area contributed by atoms with Crippen molar-refractivity contribution in [1.29, 1.82) is 0 Å². The summed E-state index contributed by atoms with van der Waals surface area (Å²) in [6, 6.07) is 6.43. The normalized spacial score (nSPS) is 13.9. The molecule has 0 aliphatic heterocycles. The first-order chi connectivity index (χ1) is 12.1. The lowest BCUT2D eigenvalue weighted by molar-refractivity contribution is -0.384. The third-order valence-electron chi connectivity index (χ3n) is 4.31. The summed E-state index contributed by atoms with van der Waals surface area (Å²) in [5, 5.41) is 16.3. The molecule has 0 atom stereocenters. The summed E-state index contributed by atoms with van der Waals surface area (Å²) in [7, 11) is 0. The number of benzene rings is 1. The fourth-order valence-electron chi connectivity index (χ4n) is 3.06. The number of nitrogens with zero attached hydrogens (tertiary/aromatic N) is 4. The Morgan fingerprint density at radius 2 is 2.24 bits per heavy atom. The van der Waals surface area contributed by atoms with Gasteiger partial charge in [0.2, 0.25) is 0 Å². The van der Waals surface area contributed by atoms with Crippen LogP contribution in [0, 0.1) is 10.1 Å². The molecule has 0 unspecified atom stereocenters. The van der Waals surface area contributed by atoms with Gasteiger partial charge in [-0.2, -0.15) is 5.10 Å². The first-order valence-corrected chi connectivity index (χ1v) is 8.75. The maximum Gasteiger partial charge on any atom is 0.270 e. The number of anilines is 1. The minimum atomic E-state index is -0.410. The zero-order chi connectivity index (χ0) is 17.4. The van der Waals surface area contributed by atoms with Crippen LogP contribution in [0.2, 0.25) is 0 Å². The quantitative estimate of drug-likeness (QED) is 0.436. The van der Waals surface area contributed by atoms with E-state index in [1.165, 1.54) is 35.3 Å². The van der Waals surface area contributed by atoms with Gasteiger partial charge >= 0.3 is 0 Å². The third kappa shape index (κ3) is 2.85. The molecular formula is C17H15N5O2S. The fourth-order valence-corrected chi connectivity index (χ4v) is 4.29. The Kier molecular flexibility index (Phi) is 3.89. The number of aryl methyl sites for hydroxylation is 2. The number of nitro benzene ring substituents is 1. The van der Waals surface area contributed by atoms with Crippen molar-refractivity contribution in [2.24, 2.45) is 5.10 Å². The maximum atomic E-state index is 10.9. The second kappa shape index (κ2) is 6.21. The first kappa shape index (κ1) is 15.6. The molecule has 1 aliphatic carbocycles. The molecule has 0 amide bonds. The highest BCUT2D eigenvalue weighted by molar-refractivity contribution is 7.19. The van der Waals surface area contributed by atoms with Crippen molar-refractivity contribution in [2.75, 3.05) is 5.43 Å². The van der Waals surface area contributed by atoms with E-state index in [-0.39, 0.29) is 5.69 Å². The van der Waals surface area contributed by atoms with Crippen molar-refractivity contribution in [3.63, 3.8) is 0 Å². The number of hydrogen-bond donors (Lipinski definition) is 1. The number of hydrazone groups is 1. The topological polar surface area (TPSA) is 93.3 Å². The van der Waals surface area contributed by atoms with Gasteiger partial charge in [0.1, 0.15) is 11.2 Å². The SMILES string of the molecule is C/C(=N/Nc1ncnc2sc3c(c12)CCC3)c1cccc([N+](=O)[O-])c1. The Morgan fingerprint density at radius 3 is 3.08 bits per heavy atom. The van der Waals surface area contributed by atoms with Crippen molar-refractivity contribution >= 4 is 38.8 Å². The van der Waals surface area contributed by atoms with Gasteiger partial charge in [-0.3, -0.25) is 15.5 Å². The van der Waals surface area contributed by atoms with Crippen molar-refractivity contribution in [3.05, 3.63) is 56.7 Å². The molecule has 126 valence electrons. The van der Waals surface area contributed by atoms with Crippen LogP contribution in [0.4, 0.5) is 11.5 Å². The van der Waals surface area contributed by atoms with Crippen LogP contribution >= 0.6 is 11.3 Å². The number of non-ortho nitro benzene ring substituents is 1. The number of rotatable bonds is 4. The average Bonchev–Trinajstić information content (AvgIpc) is 3.20. The van der Waals surface area contributed by atoms with Crippen molar-refractivity contribution in [2.45, 2.75) is 26.2 Å². The molecular weight excluding hydrogens is 338 g/mol. The number of thiophene rings is 1. The summed E-state index contributed by atoms with van der Waals surface area (Å²) in [5.41, 5.74) is 5.75. The van der Waals surface area contributed by atoms with Crippen molar-refractivity contribution < 1.29 is 4.92 Å². The summed E-state index contributed by atoms with van der Waals surface area (Å²) in [6.07, 6.45) is 4.85. The van der Waals surface area contributed by atoms with Gasteiger partial charge in [0.15, 0.2) is 5.82 Å². The van der Waals surface area contributed by atoms with Crippen LogP contribution in [-0.4, -0.2) is 20.6 Å². The molecule has 0 radical (unpaired) electrons. The molecule has 2 heterocycles. The molecule has 4 rings (SSSR count). The van der Waals surface area contributed by atoms with Crippen molar-refractivity contribution in [1.82, 2.24) is 9.97 Å². The van der Waals surface area contributed by atoms with Gasteiger partial charge in [-0.05, 0) is 31.7 Å². The van der Waals surface area contributed by atoms with Crippen LogP contribution in [0.3, 0.4) is 0 Å². The van der Waals surface area contributed by atoms with E-state index in [2.05, 4.69) is 20.5 Å². The standard InChI is InChI=1S/C17H15N5O2S/c1-10(11-4-2-5-12(8-11)22(23)24)20-21-16-15-13-6-3-7-14(13)25-17(15)19-9-18-16/h2,4-5,8-9H,3,6-7H2,1H3,(H,18,19,21)/b20-10-. The smallest absolute Gasteiger partial charge is 0.260 e. The van der Waals surface area contributed by atoms with Gasteiger partial charge < -0.3 is 0 Å². The number of fused-ring (bicyclic) bond motifs is 3. The van der Waals surface area contributed by atoms with Crippen molar-refractivity contribution in [3.8, 4) is 0 Å². The highest BCUT2D eigenvalue weighted by Crippen LogP contribution is 2.38. The number of nitro groups is 1. The predicted octanol–water partition coefficient (Wildman–Crippen LogP) is 3.92. The second-order valence-electron chi connectivity index (χ2n) is 5.88. The number of hydrogen-bond acceptors (Lipinski definition) is 7. The monoisotopic (exact) mass is 353 g/mol. The van der Waals surface area contributed by atoms with E-state index in [0.717, 1.165) is 23.1 Å². The fraction of sp³-hybridized carbons (Fsp3) is 0.235. The molecule has 1 aromatic carbocycles. The second-order valence-corrected chi connectivity index (χ2v) is 6.96. The highest BCUT2D eigenvalue weighted by Gasteiger charge is 2.21. The van der Waals surface area contributed by atoms with Crippen LogP contribution in [-0.2, 0) is 12.8 Å². The van der Waals surface area contributed by atoms with E-state index in [1.54, 1.807) is 23.5 Å². The minimum absolute atomic E-state index is 0.0483. The van der Waals surface area contributed by atoms with Crippen LogP contribution in [0.25, 0.3) is 10.2 Å². The minimum Gasteiger partial charge on any atom is -0.260 e. The van der Waals surface area contributed by atoms with Gasteiger partial charge in [-0.15, -0.1) is 11.3 Å². The Balaban J connectivity index is 1.67. The molecule has 0 saturated heterocycles. The molecule has 8 heteroatoms. The maximum absolute atomic E-state index is 10.9. The van der Waals surface area contributed by atoms with Crippen LogP contribution < -0.4 is 5.43 Å². The molecule has 3 aromatic rings. The highest BCUT2D eigenvalue weighted by atomic mass is 32.1. The molecule has 25 heavy (non-hydrogen) atoms. The van der Waals surface area contributed by atoms with Crippen LogP contribution in [0.5, 0.6) is 0 Å². The Bertz CT molecular complexity index is 1010. The molecule has 7 nitrogen and oxygen atoms in total. The van der Waals surface area contributed by atoms with E-state index in [9.17, 15) is 10.1 Å².